The van der Waals surface area contributed by atoms with Crippen molar-refractivity contribution in [1.82, 2.24) is 4.90 Å². The molecular weight excluding hydrogens is 443 g/mol. The van der Waals surface area contributed by atoms with E-state index in [-0.39, 0.29) is 16.4 Å². The molecule has 0 aliphatic carbocycles. The lowest BCUT2D eigenvalue weighted by Crippen LogP contribution is -2.39. The van der Waals surface area contributed by atoms with Crippen molar-refractivity contribution >= 4 is 29.7 Å². The van der Waals surface area contributed by atoms with Crippen LogP contribution in [0.4, 0.5) is 13.2 Å². The van der Waals surface area contributed by atoms with Gasteiger partial charge in [-0.1, -0.05) is 30.0 Å². The van der Waals surface area contributed by atoms with Crippen molar-refractivity contribution in [2.75, 3.05) is 20.2 Å². The summed E-state index contributed by atoms with van der Waals surface area (Å²) in [6.45, 7) is 0.616. The molecule has 1 fully saturated rings. The zero-order valence-electron chi connectivity index (χ0n) is 17.3. The van der Waals surface area contributed by atoms with Crippen LogP contribution < -0.4 is 4.74 Å². The number of benzene rings is 2. The number of rotatable bonds is 6. The zero-order chi connectivity index (χ0) is 23.3. The smallest absolute Gasteiger partial charge is 0.417 e. The summed E-state index contributed by atoms with van der Waals surface area (Å²) in [6.07, 6.45) is -1.27. The predicted octanol–water partition coefficient (Wildman–Crippen LogP) is 5.20. The second-order valence-corrected chi connectivity index (χ2v) is 8.36. The van der Waals surface area contributed by atoms with Crippen LogP contribution in [0.25, 0.3) is 6.08 Å². The fourth-order valence-electron chi connectivity index (χ4n) is 3.40. The molecule has 2 aromatic carbocycles. The Morgan fingerprint density at radius 1 is 1.12 bits per heavy atom. The number of hydrogen-bond donors (Lipinski definition) is 1. The minimum Gasteiger partial charge on any atom is -0.496 e. The molecule has 32 heavy (non-hydrogen) atoms. The Balaban J connectivity index is 1.77. The molecule has 0 radical (unpaired) electrons. The molecule has 0 bridgehead atoms. The Hall–Kier alpha value is -2.94. The zero-order valence-corrected chi connectivity index (χ0v) is 18.1. The highest BCUT2D eigenvalue weighted by Crippen LogP contribution is 2.42. The number of nitrogens with zero attached hydrogens (tertiary/aromatic N) is 1. The Morgan fingerprint density at radius 3 is 2.44 bits per heavy atom. The van der Waals surface area contributed by atoms with Crippen LogP contribution in [0.15, 0.2) is 58.3 Å². The van der Waals surface area contributed by atoms with E-state index in [9.17, 15) is 22.8 Å². The summed E-state index contributed by atoms with van der Waals surface area (Å²) in [5.41, 5.74) is -0.555. The number of amides is 1. The monoisotopic (exact) mass is 465 g/mol. The predicted molar refractivity (Wildman–Crippen MR) is 115 cm³/mol. The average Bonchev–Trinajstić information content (AvgIpc) is 2.77. The number of carboxylic acid groups (broad SMARTS) is 1. The van der Waals surface area contributed by atoms with Crippen LogP contribution in [-0.2, 0) is 15.8 Å². The van der Waals surface area contributed by atoms with Crippen molar-refractivity contribution in [3.63, 3.8) is 0 Å². The van der Waals surface area contributed by atoms with Gasteiger partial charge in [0.05, 0.1) is 23.5 Å². The van der Waals surface area contributed by atoms with Gasteiger partial charge >= 0.3 is 12.1 Å². The van der Waals surface area contributed by atoms with Crippen LogP contribution in [0.1, 0.15) is 24.0 Å². The number of hydrogen-bond acceptors (Lipinski definition) is 4. The molecule has 1 aliphatic rings. The minimum absolute atomic E-state index is 0.0289. The molecule has 3 rings (SSSR count). The van der Waals surface area contributed by atoms with Crippen molar-refractivity contribution in [1.29, 1.82) is 0 Å². The Bertz CT molecular complexity index is 1010. The highest BCUT2D eigenvalue weighted by Gasteiger charge is 2.34. The van der Waals surface area contributed by atoms with Gasteiger partial charge in [0, 0.05) is 24.1 Å². The third-order valence-corrected chi connectivity index (χ3v) is 6.31. The molecule has 0 aromatic heterocycles. The molecule has 1 amide bonds. The first-order valence-corrected chi connectivity index (χ1v) is 10.7. The number of aliphatic carboxylic acids is 1. The summed E-state index contributed by atoms with van der Waals surface area (Å²) in [5, 5.41) is 9.03. The third kappa shape index (κ3) is 5.85. The van der Waals surface area contributed by atoms with Gasteiger partial charge in [-0.3, -0.25) is 9.59 Å². The number of halogens is 3. The molecule has 0 atom stereocenters. The van der Waals surface area contributed by atoms with Crippen LogP contribution in [0.2, 0.25) is 0 Å². The molecule has 1 N–H and O–H groups in total. The second-order valence-electron chi connectivity index (χ2n) is 7.28. The Morgan fingerprint density at radius 2 is 1.81 bits per heavy atom. The van der Waals surface area contributed by atoms with Crippen LogP contribution in [0, 0.1) is 5.92 Å². The van der Waals surface area contributed by atoms with E-state index in [4.69, 9.17) is 9.84 Å². The second kappa shape index (κ2) is 10.1. The van der Waals surface area contributed by atoms with Crippen LogP contribution in [0.3, 0.4) is 0 Å². The highest BCUT2D eigenvalue weighted by molar-refractivity contribution is 7.99. The van der Waals surface area contributed by atoms with Gasteiger partial charge in [0.2, 0.25) is 5.91 Å². The van der Waals surface area contributed by atoms with Crippen molar-refractivity contribution in [3.05, 3.63) is 59.7 Å². The van der Waals surface area contributed by atoms with Crippen molar-refractivity contribution in [2.24, 2.45) is 5.92 Å². The van der Waals surface area contributed by atoms with Crippen LogP contribution >= 0.6 is 11.8 Å². The average molecular weight is 465 g/mol. The standard InChI is InChI=1S/C23H22F3NO4S/c1-31-18-4-2-3-5-20(18)32-19-8-6-15(14-17(19)23(24,25)26)7-9-21(28)27-12-10-16(11-13-27)22(29)30/h2-9,14,16H,10-13H2,1H3,(H,29,30). The van der Waals surface area contributed by atoms with Gasteiger partial charge in [-0.15, -0.1) is 0 Å². The molecule has 2 aromatic rings. The van der Waals surface area contributed by atoms with Crippen LogP contribution in [-0.4, -0.2) is 42.1 Å². The topological polar surface area (TPSA) is 66.8 Å². The number of likely N-dealkylation sites (tertiary alicyclic amines) is 1. The number of carbonyl (C=O) groups excluding carboxylic acids is 1. The molecule has 0 spiro atoms. The van der Waals surface area contributed by atoms with E-state index in [1.165, 1.54) is 36.3 Å². The summed E-state index contributed by atoms with van der Waals surface area (Å²) < 4.78 is 46.4. The minimum atomic E-state index is -4.57. The summed E-state index contributed by atoms with van der Waals surface area (Å²) >= 11 is 0.958. The van der Waals surface area contributed by atoms with Gasteiger partial charge in [0.1, 0.15) is 5.75 Å². The maximum atomic E-state index is 13.7. The van der Waals surface area contributed by atoms with Crippen molar-refractivity contribution in [2.45, 2.75) is 28.8 Å². The van der Waals surface area contributed by atoms with Crippen molar-refractivity contribution < 1.29 is 32.6 Å². The Labute approximate surface area is 187 Å². The van der Waals surface area contributed by atoms with Gasteiger partial charge in [-0.05, 0) is 48.7 Å². The lowest BCUT2D eigenvalue weighted by atomic mass is 9.97. The lowest BCUT2D eigenvalue weighted by molar-refractivity contribution is -0.145. The summed E-state index contributed by atoms with van der Waals surface area (Å²) in [6, 6.07) is 10.7. The number of carbonyl (C=O) groups is 2. The summed E-state index contributed by atoms with van der Waals surface area (Å²) in [4.78, 5) is 25.5. The molecule has 1 heterocycles. The SMILES string of the molecule is COc1ccccc1Sc1ccc(C=CC(=O)N2CCC(C(=O)O)CC2)cc1C(F)(F)F. The molecule has 0 unspecified atom stereocenters. The van der Waals surface area contributed by atoms with E-state index >= 15 is 0 Å². The van der Waals surface area contributed by atoms with E-state index in [0.717, 1.165) is 17.8 Å². The third-order valence-electron chi connectivity index (χ3n) is 5.17. The molecule has 9 heteroatoms. The first-order valence-electron chi connectivity index (χ1n) is 9.91. The van der Waals surface area contributed by atoms with Gasteiger partial charge in [-0.25, -0.2) is 0 Å². The van der Waals surface area contributed by atoms with E-state index < -0.39 is 23.6 Å². The highest BCUT2D eigenvalue weighted by atomic mass is 32.2. The van der Waals surface area contributed by atoms with E-state index in [1.807, 2.05) is 0 Å². The molecule has 0 saturated carbocycles. The van der Waals surface area contributed by atoms with Gasteiger partial charge in [0.25, 0.3) is 0 Å². The van der Waals surface area contributed by atoms with Gasteiger partial charge in [-0.2, -0.15) is 13.2 Å². The Kier molecular flexibility index (Phi) is 7.50. The molecule has 170 valence electrons. The largest absolute Gasteiger partial charge is 0.496 e. The maximum absolute atomic E-state index is 13.7. The number of para-hydroxylation sites is 1. The fourth-order valence-corrected chi connectivity index (χ4v) is 4.46. The van der Waals surface area contributed by atoms with Crippen molar-refractivity contribution in [3.8, 4) is 5.75 Å². The number of alkyl halides is 3. The first kappa shape index (κ1) is 23.7. The van der Waals surface area contributed by atoms with E-state index in [0.29, 0.717) is 36.6 Å². The van der Waals surface area contributed by atoms with Gasteiger partial charge < -0.3 is 14.7 Å². The van der Waals surface area contributed by atoms with Gasteiger partial charge in [0.15, 0.2) is 0 Å². The summed E-state index contributed by atoms with van der Waals surface area (Å²) in [5.74, 6) is -1.22. The maximum Gasteiger partial charge on any atom is 0.417 e. The van der Waals surface area contributed by atoms with E-state index in [1.54, 1.807) is 24.3 Å². The molecule has 1 aliphatic heterocycles. The fraction of sp³-hybridized carbons (Fsp3) is 0.304. The number of methoxy groups -OCH3 is 1. The normalized spacial score (nSPS) is 15.2. The van der Waals surface area contributed by atoms with E-state index in [2.05, 4.69) is 0 Å². The quantitative estimate of drug-likeness (QED) is 0.594. The number of ether oxygens (including phenoxy) is 1. The summed E-state index contributed by atoms with van der Waals surface area (Å²) in [7, 11) is 1.46. The van der Waals surface area contributed by atoms with Crippen LogP contribution in [0.5, 0.6) is 5.75 Å². The lowest BCUT2D eigenvalue weighted by Gasteiger charge is -2.29. The molecule has 1 saturated heterocycles. The molecule has 5 nitrogen and oxygen atoms in total. The first-order chi connectivity index (χ1) is 15.2. The number of piperidine rings is 1. The number of carboxylic acids is 1. The molecular formula is C23H22F3NO4S.